The number of rotatable bonds is 37. The summed E-state index contributed by atoms with van der Waals surface area (Å²) in [4.78, 5) is 0. The van der Waals surface area contributed by atoms with Gasteiger partial charge < -0.3 is 4.74 Å². The Labute approximate surface area is 445 Å². The Hall–Kier alpha value is -2.06. The predicted octanol–water partition coefficient (Wildman–Crippen LogP) is 18.1. The van der Waals surface area contributed by atoms with E-state index in [1.54, 1.807) is 16.4 Å². The van der Waals surface area contributed by atoms with Crippen molar-refractivity contribution in [3.63, 3.8) is 0 Å². The smallest absolute Gasteiger partial charge is 0.405 e. The maximum atomic E-state index is 14.5. The van der Waals surface area contributed by atoms with Crippen LogP contribution in [-0.2, 0) is 0 Å². The Bertz CT molecular complexity index is 1930. The van der Waals surface area contributed by atoms with E-state index in [1.807, 2.05) is 12.1 Å². The van der Waals surface area contributed by atoms with Gasteiger partial charge in [0.1, 0.15) is 5.75 Å². The number of hydrogen-bond donors (Lipinski definition) is 0. The van der Waals surface area contributed by atoms with Crippen LogP contribution in [0.25, 0.3) is 0 Å². The van der Waals surface area contributed by atoms with Gasteiger partial charge in [-0.1, -0.05) is 333 Å². The van der Waals surface area contributed by atoms with Gasteiger partial charge in [0.05, 0.1) is 24.2 Å². The van der Waals surface area contributed by atoms with Crippen LogP contribution in [0.3, 0.4) is 0 Å². The summed E-state index contributed by atoms with van der Waals surface area (Å²) in [6, 6.07) is 48.3. The van der Waals surface area contributed by atoms with Gasteiger partial charge in [-0.05, 0) is 35.1 Å². The Balaban J connectivity index is 2.05. The quantitative estimate of drug-likeness (QED) is 0.0330. The molecule has 0 bridgehead atoms. The molecule has 0 spiro atoms. The molecule has 0 aliphatic heterocycles. The molecule has 72 heavy (non-hydrogen) atoms. The zero-order valence-electron chi connectivity index (χ0n) is 47.2. The molecule has 4 aromatic rings. The number of benzene rings is 4. The van der Waals surface area contributed by atoms with Gasteiger partial charge in [0, 0.05) is 21.4 Å². The van der Waals surface area contributed by atoms with Crippen molar-refractivity contribution < 1.29 is 17.9 Å². The number of ether oxygens (including phenoxy) is 1. The molecule has 0 heterocycles. The van der Waals surface area contributed by atoms with Crippen LogP contribution in [-0.4, -0.2) is 42.1 Å². The van der Waals surface area contributed by atoms with Crippen LogP contribution < -0.4 is 41.5 Å². The van der Waals surface area contributed by atoms with Crippen molar-refractivity contribution in [2.24, 2.45) is 0 Å². The lowest BCUT2D eigenvalue weighted by molar-refractivity contribution is -0.274. The summed E-state index contributed by atoms with van der Waals surface area (Å²) >= 11 is 0. The highest BCUT2D eigenvalue weighted by atomic mass is 31.2. The van der Waals surface area contributed by atoms with Crippen molar-refractivity contribution in [1.29, 1.82) is 0 Å². The molecular formula is C62H100F3NOP2Si3. The van der Waals surface area contributed by atoms with Crippen molar-refractivity contribution in [2.75, 3.05) is 7.05 Å². The average Bonchev–Trinajstić information content (AvgIpc) is 3.39. The molecule has 0 aromatic heterocycles. The molecule has 402 valence electrons. The molecule has 0 aliphatic rings. The Morgan fingerprint density at radius 3 is 0.875 bits per heavy atom. The highest BCUT2D eigenvalue weighted by Gasteiger charge is 2.39. The Morgan fingerprint density at radius 1 is 0.375 bits per heavy atom. The third-order valence-corrected chi connectivity index (χ3v) is 38.0. The van der Waals surface area contributed by atoms with Crippen LogP contribution in [0.2, 0.25) is 54.4 Å². The summed E-state index contributed by atoms with van der Waals surface area (Å²) in [5.41, 5.74) is 0. The second kappa shape index (κ2) is 32.5. The second-order valence-electron chi connectivity index (χ2n) is 21.5. The second-order valence-corrected chi connectivity index (χ2v) is 40.2. The Kier molecular flexibility index (Phi) is 28.2. The van der Waals surface area contributed by atoms with E-state index in [-0.39, 0.29) is 5.75 Å². The average molecular weight is 1080 g/mol. The molecule has 4 aromatic carbocycles. The fraction of sp³-hybridized carbons (Fsp3) is 0.613. The first kappa shape index (κ1) is 62.5. The minimum absolute atomic E-state index is 0.0950. The number of nitrogens with zero attached hydrogens (tertiary/aromatic N) is 1. The molecule has 0 aliphatic carbocycles. The monoisotopic (exact) mass is 1080 g/mol. The van der Waals surface area contributed by atoms with Crippen LogP contribution in [0.4, 0.5) is 13.2 Å². The highest BCUT2D eigenvalue weighted by Crippen LogP contribution is 2.54. The largest absolute Gasteiger partial charge is 0.573 e. The van der Waals surface area contributed by atoms with E-state index >= 15 is 0 Å². The minimum Gasteiger partial charge on any atom is -0.405 e. The number of unbranched alkanes of at least 4 members (excludes halogenated alkanes) is 9. The van der Waals surface area contributed by atoms with E-state index in [0.717, 1.165) is 5.30 Å². The summed E-state index contributed by atoms with van der Waals surface area (Å²) in [6.45, 7) is 21.0. The van der Waals surface area contributed by atoms with Gasteiger partial charge >= 0.3 is 6.36 Å². The Morgan fingerprint density at radius 2 is 0.625 bits per heavy atom. The van der Waals surface area contributed by atoms with Gasteiger partial charge in [0.2, 0.25) is 0 Å². The zero-order valence-corrected chi connectivity index (χ0v) is 52.0. The van der Waals surface area contributed by atoms with Gasteiger partial charge in [-0.2, -0.15) is 0 Å². The van der Waals surface area contributed by atoms with Gasteiger partial charge in [-0.3, -0.25) is 0 Å². The summed E-state index contributed by atoms with van der Waals surface area (Å²) < 4.78 is 51.0. The lowest BCUT2D eigenvalue weighted by Crippen LogP contribution is -2.48. The summed E-state index contributed by atoms with van der Waals surface area (Å²) in [5, 5.41) is 8.94. The maximum Gasteiger partial charge on any atom is 0.573 e. The minimum atomic E-state index is -4.81. The molecule has 10 heteroatoms. The summed E-state index contributed by atoms with van der Waals surface area (Å²) in [7, 11) is -5.87. The molecular weight excluding hydrogens is 978 g/mol. The van der Waals surface area contributed by atoms with E-state index in [9.17, 15) is 13.2 Å². The molecule has 0 saturated carbocycles. The van der Waals surface area contributed by atoms with Crippen LogP contribution in [0.1, 0.15) is 178 Å². The summed E-state index contributed by atoms with van der Waals surface area (Å²) in [6.07, 6.45) is 17.6. The van der Waals surface area contributed by atoms with E-state index in [0.29, 0.717) is 5.30 Å². The molecule has 0 radical (unpaired) electrons. The van der Waals surface area contributed by atoms with Crippen LogP contribution >= 0.6 is 16.1 Å². The van der Waals surface area contributed by atoms with Gasteiger partial charge in [-0.15, -0.1) is 13.2 Å². The molecule has 0 saturated heterocycles. The first-order chi connectivity index (χ1) is 34.8. The predicted molar refractivity (Wildman–Crippen MR) is 326 cm³/mol. The van der Waals surface area contributed by atoms with Crippen molar-refractivity contribution >= 4 is 77.1 Å². The standard InChI is InChI=1S/C62H100F3NOP2Si3/c1-11-20-45-70(46-21-12-2,47-22-13-3)57-39-33-54(34-40-57)68(55-35-41-58(42-36-55)71(48-23-14-4,49-24-15-5)50-25-16-6)66(10)69(61-32-30-29-31-60(61)67-62(63,64)65)56-37-43-59(44-38-56)72(51-26-17-7,52-27-18-8)53-28-19-9/h29-44H,11-28,45-53H2,1-10H3. The lowest BCUT2D eigenvalue weighted by Gasteiger charge is -2.38. The van der Waals surface area contributed by atoms with E-state index in [2.05, 4.69) is 147 Å². The first-order valence-electron chi connectivity index (χ1n) is 29.3. The molecule has 0 amide bonds. The third-order valence-electron chi connectivity index (χ3n) is 16.2. The SMILES string of the molecule is CCCC[Si](CCCC)(CCCC)c1ccc(P(c2ccc([Si](CCCC)(CCCC)CCCC)cc2)N(C)P(c2ccc([Si](CCCC)(CCCC)CCCC)cc2)c2ccccc2OC(F)(F)F)cc1. The fourth-order valence-corrected chi connectivity index (χ4v) is 34.2. The molecule has 1 unspecified atom stereocenters. The fourth-order valence-electron chi connectivity index (χ4n) is 11.8. The van der Waals surface area contributed by atoms with Crippen molar-refractivity contribution in [3.8, 4) is 5.75 Å². The van der Waals surface area contributed by atoms with Gasteiger partial charge in [0.15, 0.2) is 0 Å². The number of alkyl halides is 3. The highest BCUT2D eigenvalue weighted by molar-refractivity contribution is 7.84. The molecule has 0 N–H and O–H groups in total. The number of para-hydroxylation sites is 1. The van der Waals surface area contributed by atoms with E-state index in [4.69, 9.17) is 4.74 Å². The first-order valence-corrected chi connectivity index (χ1v) is 39.8. The van der Waals surface area contributed by atoms with E-state index < -0.39 is 46.7 Å². The van der Waals surface area contributed by atoms with Crippen molar-refractivity contribution in [1.82, 2.24) is 4.44 Å². The van der Waals surface area contributed by atoms with Crippen molar-refractivity contribution in [2.45, 2.75) is 239 Å². The lowest BCUT2D eigenvalue weighted by atomic mass is 10.3. The summed E-state index contributed by atoms with van der Waals surface area (Å²) in [5.74, 6) is -0.0950. The van der Waals surface area contributed by atoms with Crippen LogP contribution in [0.15, 0.2) is 97.1 Å². The molecule has 1 atom stereocenters. The van der Waals surface area contributed by atoms with Crippen LogP contribution in [0.5, 0.6) is 5.75 Å². The zero-order chi connectivity index (χ0) is 52.5. The normalized spacial score (nSPS) is 13.1. The molecule has 4 rings (SSSR count). The number of hydrogen-bond acceptors (Lipinski definition) is 2. The number of halogens is 3. The van der Waals surface area contributed by atoms with Crippen molar-refractivity contribution in [3.05, 3.63) is 97.1 Å². The van der Waals surface area contributed by atoms with Crippen LogP contribution in [0, 0.1) is 0 Å². The van der Waals surface area contributed by atoms with E-state index in [1.165, 1.54) is 192 Å². The molecule has 2 nitrogen and oxygen atoms in total. The maximum absolute atomic E-state index is 14.5. The topological polar surface area (TPSA) is 12.5 Å². The van der Waals surface area contributed by atoms with Gasteiger partial charge in [-0.25, -0.2) is 4.44 Å². The molecule has 0 fully saturated rings. The third kappa shape index (κ3) is 17.8. The van der Waals surface area contributed by atoms with Gasteiger partial charge in [0.25, 0.3) is 0 Å².